The first-order valence-electron chi connectivity index (χ1n) is 7.59. The molecule has 0 saturated carbocycles. The molecule has 2 aromatic carbocycles. The molecule has 0 aliphatic rings. The van der Waals surface area contributed by atoms with Crippen LogP contribution in [0.2, 0.25) is 0 Å². The number of carbonyl (C=O) groups excluding carboxylic acids is 1. The number of anilines is 2. The molecule has 0 aliphatic heterocycles. The van der Waals surface area contributed by atoms with E-state index >= 15 is 0 Å². The minimum atomic E-state index is 0.00509. The van der Waals surface area contributed by atoms with Crippen molar-refractivity contribution in [3.05, 3.63) is 59.7 Å². The Kier molecular flexibility index (Phi) is 4.86. The molecule has 0 unspecified atom stereocenters. The van der Waals surface area contributed by atoms with E-state index in [2.05, 4.69) is 50.4 Å². The van der Waals surface area contributed by atoms with Gasteiger partial charge in [-0.25, -0.2) is 0 Å². The fourth-order valence-corrected chi connectivity index (χ4v) is 2.27. The van der Waals surface area contributed by atoms with Crippen molar-refractivity contribution in [2.75, 3.05) is 11.1 Å². The zero-order valence-corrected chi connectivity index (χ0v) is 13.5. The van der Waals surface area contributed by atoms with Gasteiger partial charge < -0.3 is 11.1 Å². The number of hydrogen-bond donors (Lipinski definition) is 2. The summed E-state index contributed by atoms with van der Waals surface area (Å²) in [5, 5.41) is 2.87. The lowest BCUT2D eigenvalue weighted by Gasteiger charge is -2.19. The third-order valence-corrected chi connectivity index (χ3v) is 3.63. The van der Waals surface area contributed by atoms with Crippen molar-refractivity contribution < 1.29 is 4.79 Å². The van der Waals surface area contributed by atoms with Crippen LogP contribution >= 0.6 is 0 Å². The first kappa shape index (κ1) is 16.1. The summed E-state index contributed by atoms with van der Waals surface area (Å²) in [7, 11) is 0. The normalized spacial score (nSPS) is 11.2. The third kappa shape index (κ3) is 4.62. The molecule has 22 heavy (non-hydrogen) atoms. The van der Waals surface area contributed by atoms with Gasteiger partial charge in [-0.3, -0.25) is 4.79 Å². The maximum absolute atomic E-state index is 12.0. The molecular weight excluding hydrogens is 272 g/mol. The van der Waals surface area contributed by atoms with Crippen LogP contribution in [-0.2, 0) is 16.6 Å². The fraction of sp³-hybridized carbons (Fsp3) is 0.316. The maximum atomic E-state index is 12.0. The van der Waals surface area contributed by atoms with Gasteiger partial charge >= 0.3 is 0 Å². The van der Waals surface area contributed by atoms with Crippen molar-refractivity contribution in [1.82, 2.24) is 0 Å². The SMILES string of the molecule is CC(C)(C)c1ccc(CCC(=O)Nc2cccc(N)c2)cc1. The topological polar surface area (TPSA) is 55.1 Å². The van der Waals surface area contributed by atoms with Gasteiger partial charge in [-0.1, -0.05) is 51.1 Å². The minimum absolute atomic E-state index is 0.00509. The fourth-order valence-electron chi connectivity index (χ4n) is 2.27. The zero-order valence-electron chi connectivity index (χ0n) is 13.5. The van der Waals surface area contributed by atoms with E-state index in [-0.39, 0.29) is 11.3 Å². The lowest BCUT2D eigenvalue weighted by molar-refractivity contribution is -0.116. The monoisotopic (exact) mass is 296 g/mol. The van der Waals surface area contributed by atoms with Crippen LogP contribution in [0.3, 0.4) is 0 Å². The quantitative estimate of drug-likeness (QED) is 0.833. The standard InChI is InChI=1S/C19H24N2O/c1-19(2,3)15-10-7-14(8-11-15)9-12-18(22)21-17-6-4-5-16(20)13-17/h4-8,10-11,13H,9,12,20H2,1-3H3,(H,21,22). The Labute approximate surface area is 132 Å². The van der Waals surface area contributed by atoms with Gasteiger partial charge in [0.05, 0.1) is 0 Å². The summed E-state index contributed by atoms with van der Waals surface area (Å²) >= 11 is 0. The van der Waals surface area contributed by atoms with Gasteiger partial charge in [0.25, 0.3) is 0 Å². The molecule has 3 N–H and O–H groups in total. The van der Waals surface area contributed by atoms with Crippen molar-refractivity contribution >= 4 is 17.3 Å². The first-order chi connectivity index (χ1) is 10.3. The molecule has 0 heterocycles. The summed E-state index contributed by atoms with van der Waals surface area (Å²) < 4.78 is 0. The van der Waals surface area contributed by atoms with Gasteiger partial charge in [-0.2, -0.15) is 0 Å². The van der Waals surface area contributed by atoms with Crippen molar-refractivity contribution in [3.63, 3.8) is 0 Å². The molecule has 1 amide bonds. The molecule has 0 atom stereocenters. The summed E-state index contributed by atoms with van der Waals surface area (Å²) in [5.41, 5.74) is 9.73. The summed E-state index contributed by atoms with van der Waals surface area (Å²) in [5.74, 6) is 0.00509. The van der Waals surface area contributed by atoms with E-state index < -0.39 is 0 Å². The van der Waals surface area contributed by atoms with E-state index in [1.807, 2.05) is 12.1 Å². The minimum Gasteiger partial charge on any atom is -0.399 e. The molecule has 3 nitrogen and oxygen atoms in total. The third-order valence-electron chi connectivity index (χ3n) is 3.63. The van der Waals surface area contributed by atoms with E-state index in [1.165, 1.54) is 11.1 Å². The number of carbonyl (C=O) groups is 1. The van der Waals surface area contributed by atoms with Crippen LogP contribution in [0.1, 0.15) is 38.3 Å². The van der Waals surface area contributed by atoms with Crippen LogP contribution < -0.4 is 11.1 Å². The molecule has 0 aromatic heterocycles. The number of nitrogen functional groups attached to an aromatic ring is 1. The number of rotatable bonds is 4. The Morgan fingerprint density at radius 2 is 1.77 bits per heavy atom. The van der Waals surface area contributed by atoms with Gasteiger partial charge in [0.15, 0.2) is 0 Å². The number of benzene rings is 2. The maximum Gasteiger partial charge on any atom is 0.224 e. The highest BCUT2D eigenvalue weighted by atomic mass is 16.1. The Morgan fingerprint density at radius 3 is 2.36 bits per heavy atom. The second-order valence-corrected chi connectivity index (χ2v) is 6.62. The highest BCUT2D eigenvalue weighted by Crippen LogP contribution is 2.22. The molecule has 116 valence electrons. The van der Waals surface area contributed by atoms with Crippen molar-refractivity contribution in [3.8, 4) is 0 Å². The van der Waals surface area contributed by atoms with Crippen LogP contribution in [0.25, 0.3) is 0 Å². The number of nitrogens with two attached hydrogens (primary N) is 1. The zero-order chi connectivity index (χ0) is 16.2. The number of hydrogen-bond acceptors (Lipinski definition) is 2. The average molecular weight is 296 g/mol. The largest absolute Gasteiger partial charge is 0.399 e. The van der Waals surface area contributed by atoms with Crippen molar-refractivity contribution in [1.29, 1.82) is 0 Å². The van der Waals surface area contributed by atoms with E-state index in [1.54, 1.807) is 12.1 Å². The summed E-state index contributed by atoms with van der Waals surface area (Å²) in [6.45, 7) is 6.59. The number of amides is 1. The first-order valence-corrected chi connectivity index (χ1v) is 7.59. The molecule has 2 aromatic rings. The predicted molar refractivity (Wildman–Crippen MR) is 92.9 cm³/mol. The molecule has 0 aliphatic carbocycles. The number of nitrogens with one attached hydrogen (secondary N) is 1. The van der Waals surface area contributed by atoms with E-state index in [9.17, 15) is 4.79 Å². The molecular formula is C19H24N2O. The van der Waals surface area contributed by atoms with Crippen LogP contribution in [-0.4, -0.2) is 5.91 Å². The molecule has 0 spiro atoms. The number of aryl methyl sites for hydroxylation is 1. The molecule has 0 radical (unpaired) electrons. The second-order valence-electron chi connectivity index (χ2n) is 6.62. The van der Waals surface area contributed by atoms with Crippen LogP contribution in [0, 0.1) is 0 Å². The lowest BCUT2D eigenvalue weighted by atomic mass is 9.86. The van der Waals surface area contributed by atoms with E-state index in [4.69, 9.17) is 5.73 Å². The van der Waals surface area contributed by atoms with Gasteiger partial charge in [-0.05, 0) is 41.2 Å². The second kappa shape index (κ2) is 6.65. The summed E-state index contributed by atoms with van der Waals surface area (Å²) in [6, 6.07) is 15.7. The Bertz CT molecular complexity index is 639. The Morgan fingerprint density at radius 1 is 1.09 bits per heavy atom. The molecule has 3 heteroatoms. The average Bonchev–Trinajstić information content (AvgIpc) is 2.45. The van der Waals surface area contributed by atoms with Crippen molar-refractivity contribution in [2.45, 2.75) is 39.0 Å². The van der Waals surface area contributed by atoms with Gasteiger partial charge in [0.1, 0.15) is 0 Å². The summed E-state index contributed by atoms with van der Waals surface area (Å²) in [4.78, 5) is 12.0. The lowest BCUT2D eigenvalue weighted by Crippen LogP contribution is -2.13. The predicted octanol–water partition coefficient (Wildman–Crippen LogP) is 4.14. The smallest absolute Gasteiger partial charge is 0.224 e. The van der Waals surface area contributed by atoms with Crippen molar-refractivity contribution in [2.24, 2.45) is 0 Å². The van der Waals surface area contributed by atoms with Gasteiger partial charge in [0.2, 0.25) is 5.91 Å². The van der Waals surface area contributed by atoms with Crippen LogP contribution in [0.15, 0.2) is 48.5 Å². The van der Waals surface area contributed by atoms with Crippen LogP contribution in [0.5, 0.6) is 0 Å². The molecule has 0 fully saturated rings. The molecule has 2 rings (SSSR count). The molecule has 0 bridgehead atoms. The van der Waals surface area contributed by atoms with Gasteiger partial charge in [0, 0.05) is 17.8 Å². The highest BCUT2D eigenvalue weighted by molar-refractivity contribution is 5.91. The molecule has 0 saturated heterocycles. The van der Waals surface area contributed by atoms with Gasteiger partial charge in [-0.15, -0.1) is 0 Å². The Balaban J connectivity index is 1.88. The summed E-state index contributed by atoms with van der Waals surface area (Å²) in [6.07, 6.45) is 1.20. The highest BCUT2D eigenvalue weighted by Gasteiger charge is 2.13. The Hall–Kier alpha value is -2.29. The van der Waals surface area contributed by atoms with Crippen LogP contribution in [0.4, 0.5) is 11.4 Å². The van der Waals surface area contributed by atoms with E-state index in [0.717, 1.165) is 12.1 Å². The van der Waals surface area contributed by atoms with E-state index in [0.29, 0.717) is 12.1 Å².